The first-order chi connectivity index (χ1) is 14.7. The molecule has 5 rings (SSSR count). The number of aliphatic hydroxyl groups is 1. The van der Waals surface area contributed by atoms with Gasteiger partial charge in [-0.2, -0.15) is 0 Å². The van der Waals surface area contributed by atoms with Gasteiger partial charge in [-0.25, -0.2) is 4.98 Å². The molecule has 6 nitrogen and oxygen atoms in total. The Morgan fingerprint density at radius 1 is 1.03 bits per heavy atom. The summed E-state index contributed by atoms with van der Waals surface area (Å²) in [5.41, 5.74) is 3.67. The molecule has 1 atom stereocenters. The van der Waals surface area contributed by atoms with E-state index < -0.39 is 0 Å². The quantitative estimate of drug-likeness (QED) is 0.567. The summed E-state index contributed by atoms with van der Waals surface area (Å²) in [7, 11) is 0. The normalized spacial score (nSPS) is 16.6. The first-order valence-corrected chi connectivity index (χ1v) is 10.4. The van der Waals surface area contributed by atoms with E-state index in [0.29, 0.717) is 10.9 Å². The topological polar surface area (TPSA) is 71.2 Å². The standard InChI is InChI=1S/C24H24N4O2/c1-16-15-22(17-7-2-4-9-19(17)25-16)27-12-6-11-21(27)23-26-20-10-5-3-8-18(20)24(30)28(23)13-14-29/h2-5,7-10,15,21,29H,6,11-14H2,1H3. The molecular weight excluding hydrogens is 376 g/mol. The molecule has 2 aromatic carbocycles. The van der Waals surface area contributed by atoms with Crippen LogP contribution in [0, 0.1) is 6.92 Å². The van der Waals surface area contributed by atoms with Gasteiger partial charge < -0.3 is 10.0 Å². The fraction of sp³-hybridized carbons (Fsp3) is 0.292. The third kappa shape index (κ3) is 3.04. The van der Waals surface area contributed by atoms with Crippen molar-refractivity contribution in [1.29, 1.82) is 0 Å². The highest BCUT2D eigenvalue weighted by Gasteiger charge is 2.31. The molecule has 0 aliphatic carbocycles. The van der Waals surface area contributed by atoms with Crippen molar-refractivity contribution >= 4 is 27.5 Å². The van der Waals surface area contributed by atoms with Gasteiger partial charge in [-0.05, 0) is 44.0 Å². The number of hydrogen-bond acceptors (Lipinski definition) is 5. The Balaban J connectivity index is 1.71. The Morgan fingerprint density at radius 3 is 2.50 bits per heavy atom. The van der Waals surface area contributed by atoms with Gasteiger partial charge in [0.15, 0.2) is 0 Å². The Bertz CT molecular complexity index is 1300. The van der Waals surface area contributed by atoms with Crippen LogP contribution in [0.25, 0.3) is 21.8 Å². The summed E-state index contributed by atoms with van der Waals surface area (Å²) in [5, 5.41) is 11.3. The first kappa shape index (κ1) is 18.8. The highest BCUT2D eigenvalue weighted by atomic mass is 16.3. The SMILES string of the molecule is Cc1cc(N2CCCC2c2nc3ccccc3c(=O)n2CCO)c2ccccc2n1. The fourth-order valence-electron chi connectivity index (χ4n) is 4.60. The van der Waals surface area contributed by atoms with Crippen molar-refractivity contribution in [1.82, 2.24) is 14.5 Å². The van der Waals surface area contributed by atoms with Crippen molar-refractivity contribution in [3.05, 3.63) is 76.5 Å². The predicted molar refractivity (Wildman–Crippen MR) is 119 cm³/mol. The van der Waals surface area contributed by atoms with Gasteiger partial charge >= 0.3 is 0 Å². The molecule has 0 radical (unpaired) electrons. The predicted octanol–water partition coefficient (Wildman–Crippen LogP) is 3.59. The van der Waals surface area contributed by atoms with Gasteiger partial charge in [-0.3, -0.25) is 14.3 Å². The van der Waals surface area contributed by atoms with Crippen molar-refractivity contribution in [2.75, 3.05) is 18.1 Å². The zero-order valence-electron chi connectivity index (χ0n) is 17.0. The number of anilines is 1. The van der Waals surface area contributed by atoms with Crippen LogP contribution >= 0.6 is 0 Å². The molecule has 2 aromatic heterocycles. The zero-order chi connectivity index (χ0) is 20.7. The van der Waals surface area contributed by atoms with E-state index in [-0.39, 0.29) is 24.8 Å². The van der Waals surface area contributed by atoms with Crippen LogP contribution in [0.2, 0.25) is 0 Å². The molecule has 1 unspecified atom stereocenters. The molecule has 0 bridgehead atoms. The lowest BCUT2D eigenvalue weighted by atomic mass is 10.1. The van der Waals surface area contributed by atoms with E-state index >= 15 is 0 Å². The Labute approximate surface area is 174 Å². The van der Waals surface area contributed by atoms with Crippen molar-refractivity contribution in [2.45, 2.75) is 32.4 Å². The number of rotatable bonds is 4. The lowest BCUT2D eigenvalue weighted by Crippen LogP contribution is -2.33. The number of aromatic nitrogens is 3. The maximum Gasteiger partial charge on any atom is 0.261 e. The van der Waals surface area contributed by atoms with E-state index in [1.807, 2.05) is 43.3 Å². The summed E-state index contributed by atoms with van der Waals surface area (Å²) < 4.78 is 1.65. The minimum Gasteiger partial charge on any atom is -0.395 e. The zero-order valence-corrected chi connectivity index (χ0v) is 17.0. The van der Waals surface area contributed by atoms with Gasteiger partial charge in [-0.1, -0.05) is 30.3 Å². The molecule has 30 heavy (non-hydrogen) atoms. The number of fused-ring (bicyclic) bond motifs is 2. The third-order valence-corrected chi connectivity index (χ3v) is 5.90. The van der Waals surface area contributed by atoms with Crippen molar-refractivity contribution in [3.8, 4) is 0 Å². The maximum atomic E-state index is 13.2. The fourth-order valence-corrected chi connectivity index (χ4v) is 4.60. The molecule has 1 saturated heterocycles. The van der Waals surface area contributed by atoms with Crippen molar-refractivity contribution in [3.63, 3.8) is 0 Å². The minimum absolute atomic E-state index is 0.0286. The van der Waals surface area contributed by atoms with Crippen LogP contribution in [-0.2, 0) is 6.54 Å². The van der Waals surface area contributed by atoms with Crippen LogP contribution in [0.5, 0.6) is 0 Å². The van der Waals surface area contributed by atoms with E-state index in [9.17, 15) is 9.90 Å². The Morgan fingerprint density at radius 2 is 1.73 bits per heavy atom. The van der Waals surface area contributed by atoms with E-state index in [0.717, 1.165) is 47.5 Å². The number of aliphatic hydroxyl groups excluding tert-OH is 1. The average Bonchev–Trinajstić information content (AvgIpc) is 3.24. The largest absolute Gasteiger partial charge is 0.395 e. The average molecular weight is 400 g/mol. The van der Waals surface area contributed by atoms with E-state index in [1.165, 1.54) is 0 Å². The van der Waals surface area contributed by atoms with Gasteiger partial charge in [0.25, 0.3) is 5.56 Å². The van der Waals surface area contributed by atoms with Gasteiger partial charge in [-0.15, -0.1) is 0 Å². The summed E-state index contributed by atoms with van der Waals surface area (Å²) in [5.74, 6) is 0.726. The maximum absolute atomic E-state index is 13.2. The molecule has 3 heterocycles. The molecule has 1 aliphatic heterocycles. The number of pyridine rings is 1. The summed E-state index contributed by atoms with van der Waals surface area (Å²) in [6.45, 7) is 3.04. The minimum atomic E-state index is -0.100. The summed E-state index contributed by atoms with van der Waals surface area (Å²) in [6.07, 6.45) is 1.92. The smallest absolute Gasteiger partial charge is 0.261 e. The molecule has 1 aliphatic rings. The molecule has 0 amide bonds. The van der Waals surface area contributed by atoms with Crippen LogP contribution in [0.4, 0.5) is 5.69 Å². The summed E-state index contributed by atoms with van der Waals surface area (Å²) in [6, 6.07) is 17.7. The molecule has 0 saturated carbocycles. The molecule has 0 spiro atoms. The highest BCUT2D eigenvalue weighted by Crippen LogP contribution is 2.39. The molecule has 1 fully saturated rings. The lowest BCUT2D eigenvalue weighted by molar-refractivity contribution is 0.270. The van der Waals surface area contributed by atoms with Gasteiger partial charge in [0.2, 0.25) is 0 Å². The number of aryl methyl sites for hydroxylation is 1. The lowest BCUT2D eigenvalue weighted by Gasteiger charge is -2.29. The Kier molecular flexibility index (Phi) is 4.71. The molecule has 152 valence electrons. The monoisotopic (exact) mass is 400 g/mol. The third-order valence-electron chi connectivity index (χ3n) is 5.90. The molecular formula is C24H24N4O2. The van der Waals surface area contributed by atoms with E-state index in [2.05, 4.69) is 22.0 Å². The van der Waals surface area contributed by atoms with Crippen LogP contribution in [0.3, 0.4) is 0 Å². The summed E-state index contributed by atoms with van der Waals surface area (Å²) in [4.78, 5) is 25.1. The van der Waals surface area contributed by atoms with Crippen LogP contribution in [-0.4, -0.2) is 32.8 Å². The highest BCUT2D eigenvalue weighted by molar-refractivity contribution is 5.92. The van der Waals surface area contributed by atoms with Gasteiger partial charge in [0.1, 0.15) is 5.82 Å². The second-order valence-electron chi connectivity index (χ2n) is 7.82. The summed E-state index contributed by atoms with van der Waals surface area (Å²) >= 11 is 0. The first-order valence-electron chi connectivity index (χ1n) is 10.4. The molecule has 6 heteroatoms. The van der Waals surface area contributed by atoms with Crippen molar-refractivity contribution < 1.29 is 5.11 Å². The number of para-hydroxylation sites is 2. The van der Waals surface area contributed by atoms with Crippen LogP contribution in [0.1, 0.15) is 30.4 Å². The van der Waals surface area contributed by atoms with Crippen LogP contribution in [0.15, 0.2) is 59.4 Å². The van der Waals surface area contributed by atoms with E-state index in [1.54, 1.807) is 10.6 Å². The van der Waals surface area contributed by atoms with Gasteiger partial charge in [0.05, 0.1) is 35.6 Å². The number of benzene rings is 2. The molecule has 4 aromatic rings. The number of hydrogen-bond donors (Lipinski definition) is 1. The second-order valence-corrected chi connectivity index (χ2v) is 7.82. The number of nitrogens with zero attached hydrogens (tertiary/aromatic N) is 4. The molecule has 1 N–H and O–H groups in total. The van der Waals surface area contributed by atoms with Crippen molar-refractivity contribution in [2.24, 2.45) is 0 Å². The van der Waals surface area contributed by atoms with Gasteiger partial charge in [0, 0.05) is 23.3 Å². The van der Waals surface area contributed by atoms with Crippen LogP contribution < -0.4 is 10.5 Å². The van der Waals surface area contributed by atoms with E-state index in [4.69, 9.17) is 4.98 Å². The second kappa shape index (κ2) is 7.54. The Hall–Kier alpha value is -3.25.